The minimum atomic E-state index is -0.986. The largest absolute Gasteiger partial charge is 0.505 e. The van der Waals surface area contributed by atoms with Crippen LogP contribution < -0.4 is 0 Å². The standard InChI is InChI=1S/C15H14N2O3/c1-9-7-10(2)14(18)13(8-9)17-16-12-5-3-11(4-6-12)15(19)20/h3-8,18H,1-2H3,(H,19,20). The highest BCUT2D eigenvalue weighted by molar-refractivity contribution is 5.87. The summed E-state index contributed by atoms with van der Waals surface area (Å²) in [5.74, 6) is -0.887. The van der Waals surface area contributed by atoms with E-state index in [-0.39, 0.29) is 11.3 Å². The van der Waals surface area contributed by atoms with Crippen molar-refractivity contribution in [3.63, 3.8) is 0 Å². The molecule has 2 aromatic rings. The van der Waals surface area contributed by atoms with E-state index in [1.807, 2.05) is 13.0 Å². The van der Waals surface area contributed by atoms with Gasteiger partial charge in [0.1, 0.15) is 11.4 Å². The molecule has 0 aliphatic rings. The summed E-state index contributed by atoms with van der Waals surface area (Å²) in [6.45, 7) is 3.70. The van der Waals surface area contributed by atoms with E-state index in [1.165, 1.54) is 12.1 Å². The number of carboxylic acids is 1. The molecule has 0 saturated heterocycles. The van der Waals surface area contributed by atoms with E-state index < -0.39 is 5.97 Å². The molecule has 2 rings (SSSR count). The molecule has 2 aromatic carbocycles. The third kappa shape index (κ3) is 3.00. The Morgan fingerprint density at radius 2 is 1.70 bits per heavy atom. The van der Waals surface area contributed by atoms with Gasteiger partial charge in [0.05, 0.1) is 11.3 Å². The first-order valence-corrected chi connectivity index (χ1v) is 6.02. The monoisotopic (exact) mass is 270 g/mol. The van der Waals surface area contributed by atoms with Crippen molar-refractivity contribution in [3.05, 3.63) is 53.1 Å². The summed E-state index contributed by atoms with van der Waals surface area (Å²) in [6.07, 6.45) is 0. The van der Waals surface area contributed by atoms with E-state index in [1.54, 1.807) is 25.1 Å². The van der Waals surface area contributed by atoms with Gasteiger partial charge in [0.25, 0.3) is 0 Å². The first kappa shape index (κ1) is 13.7. The van der Waals surface area contributed by atoms with E-state index >= 15 is 0 Å². The number of azo groups is 1. The van der Waals surface area contributed by atoms with Crippen LogP contribution in [0.5, 0.6) is 5.75 Å². The summed E-state index contributed by atoms with van der Waals surface area (Å²) in [5.41, 5.74) is 2.83. The van der Waals surface area contributed by atoms with Gasteiger partial charge < -0.3 is 10.2 Å². The minimum absolute atomic E-state index is 0.0986. The number of aromatic hydroxyl groups is 1. The molecule has 0 saturated carbocycles. The zero-order valence-corrected chi connectivity index (χ0v) is 11.2. The molecular weight excluding hydrogens is 256 g/mol. The Morgan fingerprint density at radius 3 is 2.30 bits per heavy atom. The van der Waals surface area contributed by atoms with Gasteiger partial charge in [0.15, 0.2) is 0 Å². The first-order chi connectivity index (χ1) is 9.47. The zero-order chi connectivity index (χ0) is 14.7. The first-order valence-electron chi connectivity index (χ1n) is 6.02. The molecule has 0 heterocycles. The maximum Gasteiger partial charge on any atom is 0.335 e. The highest BCUT2D eigenvalue weighted by Crippen LogP contribution is 2.32. The van der Waals surface area contributed by atoms with Gasteiger partial charge in [0.2, 0.25) is 0 Å². The average Bonchev–Trinajstić information content (AvgIpc) is 2.41. The molecule has 0 bridgehead atoms. The van der Waals surface area contributed by atoms with Crippen LogP contribution in [-0.2, 0) is 0 Å². The topological polar surface area (TPSA) is 82.2 Å². The fourth-order valence-corrected chi connectivity index (χ4v) is 1.80. The SMILES string of the molecule is Cc1cc(C)c(O)c(N=Nc2ccc(C(=O)O)cc2)c1. The number of nitrogens with zero attached hydrogens (tertiary/aromatic N) is 2. The molecule has 0 aliphatic heterocycles. The molecule has 102 valence electrons. The highest BCUT2D eigenvalue weighted by Gasteiger charge is 2.05. The summed E-state index contributed by atoms with van der Waals surface area (Å²) in [4.78, 5) is 10.7. The van der Waals surface area contributed by atoms with Crippen molar-refractivity contribution < 1.29 is 15.0 Å². The molecule has 0 atom stereocenters. The van der Waals surface area contributed by atoms with E-state index in [2.05, 4.69) is 10.2 Å². The van der Waals surface area contributed by atoms with Crippen LogP contribution >= 0.6 is 0 Å². The number of phenols is 1. The molecule has 2 N–H and O–H groups in total. The smallest absolute Gasteiger partial charge is 0.335 e. The summed E-state index contributed by atoms with van der Waals surface area (Å²) >= 11 is 0. The summed E-state index contributed by atoms with van der Waals surface area (Å²) in [7, 11) is 0. The molecule has 0 unspecified atom stereocenters. The Morgan fingerprint density at radius 1 is 1.05 bits per heavy atom. The van der Waals surface area contributed by atoms with Crippen LogP contribution in [0.1, 0.15) is 21.5 Å². The van der Waals surface area contributed by atoms with Crippen molar-refractivity contribution in [2.45, 2.75) is 13.8 Å². The van der Waals surface area contributed by atoms with E-state index in [0.29, 0.717) is 11.4 Å². The van der Waals surface area contributed by atoms with Crippen LogP contribution in [0.2, 0.25) is 0 Å². The van der Waals surface area contributed by atoms with Crippen LogP contribution in [-0.4, -0.2) is 16.2 Å². The number of aromatic carboxylic acids is 1. The minimum Gasteiger partial charge on any atom is -0.505 e. The van der Waals surface area contributed by atoms with Crippen LogP contribution in [0.15, 0.2) is 46.6 Å². The maximum absolute atomic E-state index is 10.7. The predicted octanol–water partition coefficient (Wildman–Crippen LogP) is 4.12. The van der Waals surface area contributed by atoms with Gasteiger partial charge in [-0.25, -0.2) is 4.79 Å². The normalized spacial score (nSPS) is 10.9. The Bertz CT molecular complexity index is 676. The lowest BCUT2D eigenvalue weighted by Gasteiger charge is -2.03. The van der Waals surface area contributed by atoms with Crippen molar-refractivity contribution in [1.29, 1.82) is 0 Å². The molecule has 0 radical (unpaired) electrons. The predicted molar refractivity (Wildman–Crippen MR) is 75.2 cm³/mol. The summed E-state index contributed by atoms with van der Waals surface area (Å²) < 4.78 is 0. The maximum atomic E-state index is 10.7. The average molecular weight is 270 g/mol. The third-order valence-corrected chi connectivity index (χ3v) is 2.81. The number of carboxylic acid groups (broad SMARTS) is 1. The quantitative estimate of drug-likeness (QED) is 0.823. The Hall–Kier alpha value is -2.69. The van der Waals surface area contributed by atoms with Gasteiger partial charge in [-0.2, -0.15) is 5.11 Å². The molecule has 0 spiro atoms. The Labute approximate surface area is 116 Å². The van der Waals surface area contributed by atoms with Gasteiger partial charge in [-0.1, -0.05) is 6.07 Å². The number of rotatable bonds is 3. The second kappa shape index (κ2) is 5.52. The highest BCUT2D eigenvalue weighted by atomic mass is 16.4. The van der Waals surface area contributed by atoms with E-state index in [9.17, 15) is 9.90 Å². The molecule has 0 fully saturated rings. The van der Waals surface area contributed by atoms with Gasteiger partial charge >= 0.3 is 5.97 Å². The van der Waals surface area contributed by atoms with Crippen LogP contribution in [0, 0.1) is 13.8 Å². The number of carbonyl (C=O) groups is 1. The van der Waals surface area contributed by atoms with E-state index in [0.717, 1.165) is 11.1 Å². The van der Waals surface area contributed by atoms with Gasteiger partial charge in [-0.3, -0.25) is 0 Å². The molecule has 5 heteroatoms. The lowest BCUT2D eigenvalue weighted by Crippen LogP contribution is -1.93. The lowest BCUT2D eigenvalue weighted by atomic mass is 10.1. The van der Waals surface area contributed by atoms with E-state index in [4.69, 9.17) is 5.11 Å². The second-order valence-corrected chi connectivity index (χ2v) is 4.50. The Kier molecular flexibility index (Phi) is 3.79. The number of phenolic OH excluding ortho intramolecular Hbond substituents is 1. The number of hydrogen-bond acceptors (Lipinski definition) is 4. The number of aryl methyl sites for hydroxylation is 2. The zero-order valence-electron chi connectivity index (χ0n) is 11.2. The second-order valence-electron chi connectivity index (χ2n) is 4.50. The summed E-state index contributed by atoms with van der Waals surface area (Å²) in [5, 5.41) is 26.7. The van der Waals surface area contributed by atoms with Crippen molar-refractivity contribution in [3.8, 4) is 5.75 Å². The number of hydrogen-bond donors (Lipinski definition) is 2. The fourth-order valence-electron chi connectivity index (χ4n) is 1.80. The lowest BCUT2D eigenvalue weighted by molar-refractivity contribution is 0.0697. The van der Waals surface area contributed by atoms with Gasteiger partial charge in [-0.15, -0.1) is 5.11 Å². The van der Waals surface area contributed by atoms with Crippen molar-refractivity contribution in [2.24, 2.45) is 10.2 Å². The fraction of sp³-hybridized carbons (Fsp3) is 0.133. The molecule has 20 heavy (non-hydrogen) atoms. The van der Waals surface area contributed by atoms with Gasteiger partial charge in [-0.05, 0) is 55.3 Å². The Balaban J connectivity index is 2.27. The van der Waals surface area contributed by atoms with Crippen molar-refractivity contribution in [2.75, 3.05) is 0 Å². The molecular formula is C15H14N2O3. The molecule has 0 aliphatic carbocycles. The van der Waals surface area contributed by atoms with Crippen LogP contribution in [0.3, 0.4) is 0 Å². The molecule has 5 nitrogen and oxygen atoms in total. The van der Waals surface area contributed by atoms with Crippen LogP contribution in [0.4, 0.5) is 11.4 Å². The van der Waals surface area contributed by atoms with Gasteiger partial charge in [0, 0.05) is 0 Å². The van der Waals surface area contributed by atoms with Crippen LogP contribution in [0.25, 0.3) is 0 Å². The number of benzene rings is 2. The van der Waals surface area contributed by atoms with Crippen molar-refractivity contribution >= 4 is 17.3 Å². The third-order valence-electron chi connectivity index (χ3n) is 2.81. The summed E-state index contributed by atoms with van der Waals surface area (Å²) in [6, 6.07) is 9.63. The molecule has 0 aromatic heterocycles. The molecule has 0 amide bonds. The van der Waals surface area contributed by atoms with Crippen molar-refractivity contribution in [1.82, 2.24) is 0 Å².